The lowest BCUT2D eigenvalue weighted by molar-refractivity contribution is 0.102. The fraction of sp³-hybridized carbons (Fsp3) is 0.200. The standard InChI is InChI=1S/C20H16F4N6O/c1-11-2-4-12(5-3-11)9-29-10-13(8-25-29)26-20(31)15-7-17-27-14(18(21)22)6-16(19(23)24)30(17)28-15/h2-8,10,18-19H,9H2,1H3,(H,26,31). The molecule has 1 amide bonds. The number of nitrogens with one attached hydrogen (secondary N) is 1. The highest BCUT2D eigenvalue weighted by atomic mass is 19.3. The first kappa shape index (κ1) is 20.5. The second kappa shape index (κ2) is 8.17. The first-order valence-corrected chi connectivity index (χ1v) is 9.16. The molecule has 0 aliphatic carbocycles. The van der Waals surface area contributed by atoms with Crippen LogP contribution in [0.1, 0.15) is 45.9 Å². The number of carbonyl (C=O) groups is 1. The van der Waals surface area contributed by atoms with E-state index in [1.165, 1.54) is 6.20 Å². The SMILES string of the molecule is Cc1ccc(Cn2cc(NC(=O)c3cc4nc(C(F)F)cc(C(F)F)n4n3)cn2)cc1. The Bertz CT molecular complexity index is 1230. The molecule has 3 heterocycles. The Kier molecular flexibility index (Phi) is 5.40. The van der Waals surface area contributed by atoms with Crippen molar-refractivity contribution in [2.75, 3.05) is 5.32 Å². The van der Waals surface area contributed by atoms with Crippen LogP contribution in [0.25, 0.3) is 5.65 Å². The van der Waals surface area contributed by atoms with Crippen molar-refractivity contribution in [3.8, 4) is 0 Å². The highest BCUT2D eigenvalue weighted by Gasteiger charge is 2.22. The molecule has 1 aromatic carbocycles. The average molecular weight is 432 g/mol. The van der Waals surface area contributed by atoms with Crippen molar-refractivity contribution >= 4 is 17.2 Å². The maximum atomic E-state index is 13.3. The van der Waals surface area contributed by atoms with Gasteiger partial charge in [-0.05, 0) is 18.6 Å². The molecule has 4 rings (SSSR count). The third-order valence-corrected chi connectivity index (χ3v) is 4.51. The molecule has 4 aromatic rings. The third-order valence-electron chi connectivity index (χ3n) is 4.51. The monoisotopic (exact) mass is 432 g/mol. The highest BCUT2D eigenvalue weighted by Crippen LogP contribution is 2.25. The Labute approximate surface area is 173 Å². The van der Waals surface area contributed by atoms with Crippen LogP contribution in [0.3, 0.4) is 0 Å². The summed E-state index contributed by atoms with van der Waals surface area (Å²) in [6.07, 6.45) is -3.07. The number of aryl methyl sites for hydroxylation is 1. The highest BCUT2D eigenvalue weighted by molar-refractivity contribution is 6.03. The van der Waals surface area contributed by atoms with Gasteiger partial charge >= 0.3 is 0 Å². The summed E-state index contributed by atoms with van der Waals surface area (Å²) >= 11 is 0. The van der Waals surface area contributed by atoms with Gasteiger partial charge in [-0.15, -0.1) is 0 Å². The van der Waals surface area contributed by atoms with Crippen molar-refractivity contribution in [1.29, 1.82) is 0 Å². The molecular weight excluding hydrogens is 416 g/mol. The number of hydrogen-bond acceptors (Lipinski definition) is 4. The van der Waals surface area contributed by atoms with E-state index in [0.29, 0.717) is 22.8 Å². The van der Waals surface area contributed by atoms with Crippen LogP contribution in [0.15, 0.2) is 48.8 Å². The predicted molar refractivity (Wildman–Crippen MR) is 103 cm³/mol. The topological polar surface area (TPSA) is 77.1 Å². The molecular formula is C20H16F4N6O. The number of fused-ring (bicyclic) bond motifs is 1. The van der Waals surface area contributed by atoms with E-state index >= 15 is 0 Å². The molecule has 0 bridgehead atoms. The van der Waals surface area contributed by atoms with Gasteiger partial charge in [0.1, 0.15) is 11.4 Å². The zero-order chi connectivity index (χ0) is 22.1. The van der Waals surface area contributed by atoms with E-state index in [2.05, 4.69) is 20.5 Å². The Hall–Kier alpha value is -3.76. The minimum Gasteiger partial charge on any atom is -0.318 e. The van der Waals surface area contributed by atoms with Gasteiger partial charge in [0, 0.05) is 12.3 Å². The van der Waals surface area contributed by atoms with Gasteiger partial charge in [0.2, 0.25) is 0 Å². The van der Waals surface area contributed by atoms with E-state index in [1.807, 2.05) is 31.2 Å². The molecule has 0 saturated carbocycles. The van der Waals surface area contributed by atoms with Crippen molar-refractivity contribution in [3.63, 3.8) is 0 Å². The van der Waals surface area contributed by atoms with Crippen molar-refractivity contribution in [2.45, 2.75) is 26.3 Å². The van der Waals surface area contributed by atoms with Gasteiger partial charge in [0.15, 0.2) is 11.3 Å². The summed E-state index contributed by atoms with van der Waals surface area (Å²) in [6, 6.07) is 9.54. The summed E-state index contributed by atoms with van der Waals surface area (Å²) in [5.74, 6) is -0.709. The maximum Gasteiger partial charge on any atom is 0.280 e. The Balaban J connectivity index is 1.54. The lowest BCUT2D eigenvalue weighted by Gasteiger charge is -2.06. The van der Waals surface area contributed by atoms with Crippen LogP contribution in [0.5, 0.6) is 0 Å². The van der Waals surface area contributed by atoms with Gasteiger partial charge in [-0.2, -0.15) is 10.2 Å². The number of benzene rings is 1. The second-order valence-corrected chi connectivity index (χ2v) is 6.87. The van der Waals surface area contributed by atoms with Crippen molar-refractivity contribution in [1.82, 2.24) is 24.4 Å². The summed E-state index contributed by atoms with van der Waals surface area (Å²) in [7, 11) is 0. The molecule has 0 aliphatic heterocycles. The molecule has 0 aliphatic rings. The first-order valence-electron chi connectivity index (χ1n) is 9.16. The van der Waals surface area contributed by atoms with Crippen LogP contribution in [-0.4, -0.2) is 30.3 Å². The minimum atomic E-state index is -3.07. The summed E-state index contributed by atoms with van der Waals surface area (Å²) in [5, 5.41) is 10.5. The molecule has 31 heavy (non-hydrogen) atoms. The molecule has 160 valence electrons. The molecule has 0 spiro atoms. The van der Waals surface area contributed by atoms with Gasteiger partial charge in [0.25, 0.3) is 18.8 Å². The number of aromatic nitrogens is 5. The van der Waals surface area contributed by atoms with Crippen molar-refractivity contribution in [3.05, 3.63) is 77.0 Å². The van der Waals surface area contributed by atoms with E-state index in [1.54, 1.807) is 10.9 Å². The van der Waals surface area contributed by atoms with Crippen LogP contribution in [0.4, 0.5) is 23.2 Å². The normalized spacial score (nSPS) is 11.6. The minimum absolute atomic E-state index is 0.243. The van der Waals surface area contributed by atoms with Crippen LogP contribution in [-0.2, 0) is 6.54 Å². The summed E-state index contributed by atoms with van der Waals surface area (Å²) in [4.78, 5) is 16.1. The van der Waals surface area contributed by atoms with Gasteiger partial charge in [-0.25, -0.2) is 27.1 Å². The van der Waals surface area contributed by atoms with Gasteiger partial charge in [0.05, 0.1) is 18.4 Å². The lowest BCUT2D eigenvalue weighted by Crippen LogP contribution is -2.12. The maximum absolute atomic E-state index is 13.3. The van der Waals surface area contributed by atoms with Crippen molar-refractivity contribution < 1.29 is 22.4 Å². The second-order valence-electron chi connectivity index (χ2n) is 6.87. The molecule has 0 unspecified atom stereocenters. The van der Waals surface area contributed by atoms with Crippen LogP contribution in [0.2, 0.25) is 0 Å². The number of hydrogen-bond donors (Lipinski definition) is 1. The van der Waals surface area contributed by atoms with E-state index in [9.17, 15) is 22.4 Å². The Morgan fingerprint density at radius 1 is 1.10 bits per heavy atom. The number of carbonyl (C=O) groups excluding carboxylic acids is 1. The number of halogens is 4. The number of nitrogens with zero attached hydrogens (tertiary/aromatic N) is 5. The van der Waals surface area contributed by atoms with Gasteiger partial charge < -0.3 is 5.32 Å². The Morgan fingerprint density at radius 3 is 2.52 bits per heavy atom. The molecule has 0 fully saturated rings. The van der Waals surface area contributed by atoms with Crippen LogP contribution in [0, 0.1) is 6.92 Å². The van der Waals surface area contributed by atoms with E-state index in [-0.39, 0.29) is 11.3 Å². The summed E-state index contributed by atoms with van der Waals surface area (Å²) in [5.41, 5.74) is 0.421. The number of alkyl halides is 4. The molecule has 1 N–H and O–H groups in total. The number of amides is 1. The number of anilines is 1. The van der Waals surface area contributed by atoms with Gasteiger partial charge in [-0.3, -0.25) is 9.48 Å². The molecule has 7 nitrogen and oxygen atoms in total. The molecule has 0 radical (unpaired) electrons. The van der Waals surface area contributed by atoms with E-state index in [0.717, 1.165) is 17.2 Å². The number of rotatable bonds is 6. The first-order chi connectivity index (χ1) is 14.8. The quantitative estimate of drug-likeness (QED) is 0.458. The zero-order valence-electron chi connectivity index (χ0n) is 16.1. The predicted octanol–water partition coefficient (Wildman–Crippen LogP) is 4.41. The Morgan fingerprint density at radius 2 is 1.84 bits per heavy atom. The van der Waals surface area contributed by atoms with Gasteiger partial charge in [-0.1, -0.05) is 29.8 Å². The fourth-order valence-corrected chi connectivity index (χ4v) is 2.99. The third kappa shape index (κ3) is 4.39. The average Bonchev–Trinajstić information content (AvgIpc) is 3.35. The molecule has 0 saturated heterocycles. The van der Waals surface area contributed by atoms with E-state index < -0.39 is 30.1 Å². The molecule has 0 atom stereocenters. The lowest BCUT2D eigenvalue weighted by atomic mass is 10.1. The summed E-state index contributed by atoms with van der Waals surface area (Å²) < 4.78 is 54.7. The zero-order valence-corrected chi connectivity index (χ0v) is 16.1. The van der Waals surface area contributed by atoms with E-state index in [4.69, 9.17) is 0 Å². The van der Waals surface area contributed by atoms with Crippen LogP contribution < -0.4 is 5.32 Å². The molecule has 3 aromatic heterocycles. The fourth-order valence-electron chi connectivity index (χ4n) is 2.99. The largest absolute Gasteiger partial charge is 0.318 e. The summed E-state index contributed by atoms with van der Waals surface area (Å²) in [6.45, 7) is 2.47. The van der Waals surface area contributed by atoms with Crippen molar-refractivity contribution in [2.24, 2.45) is 0 Å². The van der Waals surface area contributed by atoms with Crippen LogP contribution >= 0.6 is 0 Å². The smallest absolute Gasteiger partial charge is 0.280 e. The molecule has 11 heteroatoms.